The molecule has 1 aliphatic heterocycles. The lowest BCUT2D eigenvalue weighted by atomic mass is 9.98. The fourth-order valence-electron chi connectivity index (χ4n) is 3.10. The molecule has 2 rings (SSSR count). The molecule has 1 aromatic rings. The zero-order chi connectivity index (χ0) is 17.5. The van der Waals surface area contributed by atoms with Crippen LogP contribution in [0.3, 0.4) is 0 Å². The Hall–Kier alpha value is -1.75. The summed E-state index contributed by atoms with van der Waals surface area (Å²) >= 11 is 0. The van der Waals surface area contributed by atoms with Gasteiger partial charge in [0, 0.05) is 12.6 Å². The first kappa shape index (κ1) is 18.6. The molecule has 5 nitrogen and oxygen atoms in total. The van der Waals surface area contributed by atoms with E-state index in [4.69, 9.17) is 9.47 Å². The first-order valence-electron chi connectivity index (χ1n) is 8.75. The van der Waals surface area contributed by atoms with Crippen LogP contribution in [-0.4, -0.2) is 50.7 Å². The van der Waals surface area contributed by atoms with Gasteiger partial charge in [-0.15, -0.1) is 0 Å². The number of rotatable bonds is 7. The van der Waals surface area contributed by atoms with Crippen molar-refractivity contribution in [2.45, 2.75) is 39.2 Å². The second-order valence-electron chi connectivity index (χ2n) is 6.74. The molecule has 5 heteroatoms. The molecule has 134 valence electrons. The van der Waals surface area contributed by atoms with Gasteiger partial charge >= 0.3 is 0 Å². The molecule has 1 aliphatic rings. The molecule has 0 saturated carbocycles. The van der Waals surface area contributed by atoms with E-state index in [9.17, 15) is 4.79 Å². The Kier molecular flexibility index (Phi) is 6.91. The number of benzene rings is 1. The second kappa shape index (κ2) is 8.92. The SMILES string of the molecule is COc1ccc(CC(=O)NCC(C)N2CCC(C)CC2)cc1OC. The van der Waals surface area contributed by atoms with Gasteiger partial charge in [0.15, 0.2) is 11.5 Å². The number of likely N-dealkylation sites (tertiary alicyclic amines) is 1. The van der Waals surface area contributed by atoms with Crippen molar-refractivity contribution in [1.29, 1.82) is 0 Å². The van der Waals surface area contributed by atoms with E-state index in [2.05, 4.69) is 24.1 Å². The Morgan fingerprint density at radius 3 is 2.54 bits per heavy atom. The molecule has 1 N–H and O–H groups in total. The predicted octanol–water partition coefficient (Wildman–Crippen LogP) is 2.48. The third kappa shape index (κ3) is 5.13. The summed E-state index contributed by atoms with van der Waals surface area (Å²) in [7, 11) is 3.20. The van der Waals surface area contributed by atoms with Gasteiger partial charge in [0.2, 0.25) is 5.91 Å². The number of hydrogen-bond donors (Lipinski definition) is 1. The van der Waals surface area contributed by atoms with Gasteiger partial charge in [-0.05, 0) is 56.5 Å². The van der Waals surface area contributed by atoms with Crippen molar-refractivity contribution >= 4 is 5.91 Å². The van der Waals surface area contributed by atoms with Crippen LogP contribution in [0.4, 0.5) is 0 Å². The maximum atomic E-state index is 12.2. The predicted molar refractivity (Wildman–Crippen MR) is 95.7 cm³/mol. The van der Waals surface area contributed by atoms with Gasteiger partial charge in [-0.25, -0.2) is 0 Å². The summed E-state index contributed by atoms with van der Waals surface area (Å²) < 4.78 is 10.5. The fourth-order valence-corrected chi connectivity index (χ4v) is 3.10. The summed E-state index contributed by atoms with van der Waals surface area (Å²) in [4.78, 5) is 14.7. The van der Waals surface area contributed by atoms with Gasteiger partial charge in [-0.1, -0.05) is 13.0 Å². The number of hydrogen-bond acceptors (Lipinski definition) is 4. The monoisotopic (exact) mass is 334 g/mol. The number of carbonyl (C=O) groups excluding carboxylic acids is 1. The Morgan fingerprint density at radius 2 is 1.92 bits per heavy atom. The number of piperidine rings is 1. The Morgan fingerprint density at radius 1 is 1.25 bits per heavy atom. The first-order valence-corrected chi connectivity index (χ1v) is 8.75. The van der Waals surface area contributed by atoms with Gasteiger partial charge in [0.1, 0.15) is 0 Å². The van der Waals surface area contributed by atoms with E-state index >= 15 is 0 Å². The molecule has 1 amide bonds. The first-order chi connectivity index (χ1) is 11.5. The number of amides is 1. The third-order valence-corrected chi connectivity index (χ3v) is 4.85. The standard InChI is InChI=1S/C19H30N2O3/c1-14-7-9-21(10-8-14)15(2)13-20-19(22)12-16-5-6-17(23-3)18(11-16)24-4/h5-6,11,14-15H,7-10,12-13H2,1-4H3,(H,20,22). The molecule has 0 spiro atoms. The van der Waals surface area contributed by atoms with E-state index < -0.39 is 0 Å². The average Bonchev–Trinajstić information content (AvgIpc) is 2.60. The highest BCUT2D eigenvalue weighted by Crippen LogP contribution is 2.27. The van der Waals surface area contributed by atoms with Crippen LogP contribution in [0.2, 0.25) is 0 Å². The highest BCUT2D eigenvalue weighted by atomic mass is 16.5. The molecule has 1 atom stereocenters. The molecule has 0 radical (unpaired) electrons. The summed E-state index contributed by atoms with van der Waals surface area (Å²) in [5.74, 6) is 2.20. The molecular formula is C19H30N2O3. The average molecular weight is 334 g/mol. The lowest BCUT2D eigenvalue weighted by Crippen LogP contribution is -2.45. The summed E-state index contributed by atoms with van der Waals surface area (Å²) in [5, 5.41) is 3.05. The van der Waals surface area contributed by atoms with Crippen LogP contribution >= 0.6 is 0 Å². The molecule has 1 unspecified atom stereocenters. The zero-order valence-corrected chi connectivity index (χ0v) is 15.3. The van der Waals surface area contributed by atoms with Crippen LogP contribution in [0.25, 0.3) is 0 Å². The van der Waals surface area contributed by atoms with Crippen molar-refractivity contribution in [2.24, 2.45) is 5.92 Å². The van der Waals surface area contributed by atoms with Gasteiger partial charge in [-0.2, -0.15) is 0 Å². The maximum Gasteiger partial charge on any atom is 0.224 e. The van der Waals surface area contributed by atoms with Crippen LogP contribution in [-0.2, 0) is 11.2 Å². The highest BCUT2D eigenvalue weighted by Gasteiger charge is 2.20. The van der Waals surface area contributed by atoms with E-state index in [0.29, 0.717) is 30.5 Å². The van der Waals surface area contributed by atoms with Crippen molar-refractivity contribution in [3.63, 3.8) is 0 Å². The van der Waals surface area contributed by atoms with Crippen LogP contribution in [0.15, 0.2) is 18.2 Å². The Labute approximate surface area is 145 Å². The van der Waals surface area contributed by atoms with E-state index in [-0.39, 0.29) is 5.91 Å². The maximum absolute atomic E-state index is 12.2. The Bertz CT molecular complexity index is 539. The van der Waals surface area contributed by atoms with Gasteiger partial charge < -0.3 is 14.8 Å². The molecule has 1 saturated heterocycles. The number of nitrogens with zero attached hydrogens (tertiary/aromatic N) is 1. The summed E-state index contributed by atoms with van der Waals surface area (Å²) in [6.07, 6.45) is 2.86. The lowest BCUT2D eigenvalue weighted by Gasteiger charge is -2.35. The minimum Gasteiger partial charge on any atom is -0.493 e. The van der Waals surface area contributed by atoms with E-state index in [1.807, 2.05) is 18.2 Å². The molecule has 0 bridgehead atoms. The topological polar surface area (TPSA) is 50.8 Å². The van der Waals surface area contributed by atoms with Crippen LogP contribution in [0, 0.1) is 5.92 Å². The van der Waals surface area contributed by atoms with E-state index in [1.165, 1.54) is 12.8 Å². The van der Waals surface area contributed by atoms with Gasteiger partial charge in [0.05, 0.1) is 20.6 Å². The highest BCUT2D eigenvalue weighted by molar-refractivity contribution is 5.78. The van der Waals surface area contributed by atoms with Gasteiger partial charge in [-0.3, -0.25) is 9.69 Å². The molecule has 1 aromatic carbocycles. The van der Waals surface area contributed by atoms with Crippen molar-refractivity contribution in [3.8, 4) is 11.5 Å². The largest absolute Gasteiger partial charge is 0.493 e. The number of nitrogens with one attached hydrogen (secondary N) is 1. The second-order valence-corrected chi connectivity index (χ2v) is 6.74. The molecule has 24 heavy (non-hydrogen) atoms. The quantitative estimate of drug-likeness (QED) is 0.832. The zero-order valence-electron chi connectivity index (χ0n) is 15.3. The lowest BCUT2D eigenvalue weighted by molar-refractivity contribution is -0.120. The molecule has 1 fully saturated rings. The molecular weight excluding hydrogens is 304 g/mol. The number of methoxy groups -OCH3 is 2. The van der Waals surface area contributed by atoms with Crippen molar-refractivity contribution < 1.29 is 14.3 Å². The van der Waals surface area contributed by atoms with Crippen molar-refractivity contribution in [2.75, 3.05) is 33.9 Å². The van der Waals surface area contributed by atoms with E-state index in [1.54, 1.807) is 14.2 Å². The van der Waals surface area contributed by atoms with Crippen LogP contribution in [0.1, 0.15) is 32.3 Å². The number of ether oxygens (including phenoxy) is 2. The van der Waals surface area contributed by atoms with Crippen LogP contribution in [0.5, 0.6) is 11.5 Å². The van der Waals surface area contributed by atoms with E-state index in [0.717, 1.165) is 24.6 Å². The molecule has 0 aliphatic carbocycles. The van der Waals surface area contributed by atoms with Gasteiger partial charge in [0.25, 0.3) is 0 Å². The Balaban J connectivity index is 1.80. The fraction of sp³-hybridized carbons (Fsp3) is 0.632. The van der Waals surface area contributed by atoms with Crippen molar-refractivity contribution in [3.05, 3.63) is 23.8 Å². The van der Waals surface area contributed by atoms with Crippen LogP contribution < -0.4 is 14.8 Å². The minimum absolute atomic E-state index is 0.0412. The molecule has 0 aromatic heterocycles. The number of carbonyl (C=O) groups is 1. The minimum atomic E-state index is 0.0412. The summed E-state index contributed by atoms with van der Waals surface area (Å²) in [6, 6.07) is 5.97. The third-order valence-electron chi connectivity index (χ3n) is 4.85. The summed E-state index contributed by atoms with van der Waals surface area (Å²) in [5.41, 5.74) is 0.921. The summed E-state index contributed by atoms with van der Waals surface area (Å²) in [6.45, 7) is 7.46. The normalized spacial score (nSPS) is 17.3. The van der Waals surface area contributed by atoms with Crippen molar-refractivity contribution in [1.82, 2.24) is 10.2 Å². The smallest absolute Gasteiger partial charge is 0.224 e. The molecule has 1 heterocycles.